The van der Waals surface area contributed by atoms with Gasteiger partial charge in [-0.1, -0.05) is 0 Å². The molecule has 1 aromatic heterocycles. The minimum absolute atomic E-state index is 0.268. The molecule has 2 aromatic rings. The molecule has 1 heterocycles. The Hall–Kier alpha value is -2.55. The smallest absolute Gasteiger partial charge is 0.318 e. The van der Waals surface area contributed by atoms with E-state index in [1.807, 2.05) is 0 Å². The first-order valence-corrected chi connectivity index (χ1v) is 6.05. The van der Waals surface area contributed by atoms with E-state index in [4.69, 9.17) is 5.26 Å². The number of nitriles is 1. The zero-order valence-electron chi connectivity index (χ0n) is 11.3. The molecule has 21 heavy (non-hydrogen) atoms. The topological polar surface area (TPSA) is 45.8 Å². The number of rotatable bonds is 2. The maximum atomic E-state index is 13.0. The zero-order chi connectivity index (χ0) is 15.8. The summed E-state index contributed by atoms with van der Waals surface area (Å²) in [5, 5.41) is 8.79. The molecule has 0 fully saturated rings. The number of carbonyl (C=O) groups is 1. The Labute approximate surface area is 119 Å². The molecule has 3 nitrogen and oxygen atoms in total. The average Bonchev–Trinajstić information content (AvgIpc) is 2.71. The molecular weight excluding hydrogens is 281 g/mol. The van der Waals surface area contributed by atoms with Gasteiger partial charge in [0, 0.05) is 22.6 Å². The number of aldehydes is 1. The fourth-order valence-electron chi connectivity index (χ4n) is 2.31. The van der Waals surface area contributed by atoms with Crippen LogP contribution in [0.5, 0.6) is 0 Å². The fourth-order valence-corrected chi connectivity index (χ4v) is 2.31. The summed E-state index contributed by atoms with van der Waals surface area (Å²) in [5.74, 6) is 0. The van der Waals surface area contributed by atoms with E-state index in [0.717, 1.165) is 12.1 Å². The summed E-state index contributed by atoms with van der Waals surface area (Å²) in [6, 6.07) is 6.64. The number of aryl methyl sites for hydroxylation is 1. The van der Waals surface area contributed by atoms with Crippen LogP contribution in [0.1, 0.15) is 32.9 Å². The van der Waals surface area contributed by atoms with Crippen LogP contribution in [0.4, 0.5) is 13.2 Å². The number of carbonyl (C=O) groups excluding carboxylic acids is 1. The van der Waals surface area contributed by atoms with Crippen molar-refractivity contribution < 1.29 is 18.0 Å². The highest BCUT2D eigenvalue weighted by Gasteiger charge is 2.34. The maximum absolute atomic E-state index is 13.0. The summed E-state index contributed by atoms with van der Waals surface area (Å²) in [7, 11) is 0. The lowest BCUT2D eigenvalue weighted by Gasteiger charge is -2.14. The summed E-state index contributed by atoms with van der Waals surface area (Å²) in [6.45, 7) is 3.35. The van der Waals surface area contributed by atoms with Gasteiger partial charge in [0.25, 0.3) is 0 Å². The van der Waals surface area contributed by atoms with Crippen molar-refractivity contribution in [3.8, 4) is 11.8 Å². The van der Waals surface area contributed by atoms with Crippen molar-refractivity contribution in [3.05, 3.63) is 52.3 Å². The molecule has 0 radical (unpaired) electrons. The van der Waals surface area contributed by atoms with Gasteiger partial charge in [-0.25, -0.2) is 0 Å². The molecule has 0 saturated carbocycles. The Balaban J connectivity index is 2.70. The summed E-state index contributed by atoms with van der Waals surface area (Å²) < 4.78 is 40.5. The number of benzene rings is 1. The van der Waals surface area contributed by atoms with E-state index in [1.54, 1.807) is 30.6 Å². The van der Waals surface area contributed by atoms with Crippen molar-refractivity contribution in [3.63, 3.8) is 0 Å². The first-order valence-electron chi connectivity index (χ1n) is 6.05. The monoisotopic (exact) mass is 292 g/mol. The second kappa shape index (κ2) is 5.09. The number of hydrogen-bond donors (Lipinski definition) is 0. The number of alkyl halides is 3. The lowest BCUT2D eigenvalue weighted by atomic mass is 10.1. The molecule has 108 valence electrons. The van der Waals surface area contributed by atoms with Gasteiger partial charge in [0.2, 0.25) is 0 Å². The predicted octanol–water partition coefficient (Wildman–Crippen LogP) is 3.80. The third kappa shape index (κ3) is 2.55. The quantitative estimate of drug-likeness (QED) is 0.790. The summed E-state index contributed by atoms with van der Waals surface area (Å²) in [5.41, 5.74) is 0.481. The van der Waals surface area contributed by atoms with E-state index in [2.05, 4.69) is 0 Å². The Morgan fingerprint density at radius 1 is 1.24 bits per heavy atom. The van der Waals surface area contributed by atoms with Crippen LogP contribution in [-0.2, 0) is 6.18 Å². The highest BCUT2D eigenvalue weighted by Crippen LogP contribution is 2.34. The van der Waals surface area contributed by atoms with Gasteiger partial charge in [0.05, 0.1) is 17.2 Å². The molecule has 0 aliphatic rings. The van der Waals surface area contributed by atoms with Crippen LogP contribution < -0.4 is 0 Å². The van der Waals surface area contributed by atoms with Crippen molar-refractivity contribution in [2.45, 2.75) is 20.0 Å². The second-order valence-electron chi connectivity index (χ2n) is 4.62. The van der Waals surface area contributed by atoms with Gasteiger partial charge in [-0.2, -0.15) is 18.4 Å². The zero-order valence-corrected chi connectivity index (χ0v) is 11.3. The first-order chi connectivity index (χ1) is 9.79. The van der Waals surface area contributed by atoms with Gasteiger partial charge < -0.3 is 4.57 Å². The Morgan fingerprint density at radius 2 is 1.90 bits per heavy atom. The minimum atomic E-state index is -4.61. The molecule has 0 N–H and O–H groups in total. The van der Waals surface area contributed by atoms with Crippen LogP contribution in [0.2, 0.25) is 0 Å². The van der Waals surface area contributed by atoms with Gasteiger partial charge >= 0.3 is 6.18 Å². The molecule has 0 amide bonds. The number of halogens is 3. The van der Waals surface area contributed by atoms with Crippen molar-refractivity contribution in [2.75, 3.05) is 0 Å². The van der Waals surface area contributed by atoms with E-state index in [1.165, 1.54) is 6.07 Å². The van der Waals surface area contributed by atoms with Crippen LogP contribution in [0, 0.1) is 25.2 Å². The molecule has 6 heteroatoms. The number of aromatic nitrogens is 1. The molecule has 0 saturated heterocycles. The SMILES string of the molecule is Cc1cc(C=O)c(C)n1-c1ccc(C#N)c(C(F)(F)F)c1. The van der Waals surface area contributed by atoms with Crippen LogP contribution in [-0.4, -0.2) is 10.9 Å². The molecule has 0 aliphatic carbocycles. The second-order valence-corrected chi connectivity index (χ2v) is 4.62. The predicted molar refractivity (Wildman–Crippen MR) is 70.3 cm³/mol. The van der Waals surface area contributed by atoms with Gasteiger partial charge in [-0.3, -0.25) is 4.79 Å². The highest BCUT2D eigenvalue weighted by atomic mass is 19.4. The first kappa shape index (κ1) is 14.9. The van der Waals surface area contributed by atoms with E-state index in [9.17, 15) is 18.0 Å². The standard InChI is InChI=1S/C15H11F3N2O/c1-9-5-12(8-21)10(2)20(9)13-4-3-11(7-19)14(6-13)15(16,17)18/h3-6,8H,1-2H3. The summed E-state index contributed by atoms with van der Waals surface area (Å²) in [4.78, 5) is 10.9. The van der Waals surface area contributed by atoms with E-state index in [-0.39, 0.29) is 5.69 Å². The molecule has 0 aliphatic heterocycles. The normalized spacial score (nSPS) is 11.2. The minimum Gasteiger partial charge on any atom is -0.318 e. The van der Waals surface area contributed by atoms with Crippen LogP contribution >= 0.6 is 0 Å². The lowest BCUT2D eigenvalue weighted by Crippen LogP contribution is -2.10. The third-order valence-electron chi connectivity index (χ3n) is 3.28. The molecule has 0 atom stereocenters. The Bertz CT molecular complexity index is 751. The van der Waals surface area contributed by atoms with E-state index >= 15 is 0 Å². The van der Waals surface area contributed by atoms with Gasteiger partial charge in [0.1, 0.15) is 0 Å². The Morgan fingerprint density at radius 3 is 2.38 bits per heavy atom. The molecule has 2 rings (SSSR count). The summed E-state index contributed by atoms with van der Waals surface area (Å²) in [6.07, 6.45) is -3.95. The van der Waals surface area contributed by atoms with Crippen molar-refractivity contribution in [1.82, 2.24) is 4.57 Å². The molecule has 0 spiro atoms. The van der Waals surface area contributed by atoms with Crippen LogP contribution in [0.15, 0.2) is 24.3 Å². The fraction of sp³-hybridized carbons (Fsp3) is 0.200. The van der Waals surface area contributed by atoms with Crippen LogP contribution in [0.3, 0.4) is 0 Å². The van der Waals surface area contributed by atoms with E-state index in [0.29, 0.717) is 23.2 Å². The van der Waals surface area contributed by atoms with Gasteiger partial charge in [-0.05, 0) is 38.1 Å². The highest BCUT2D eigenvalue weighted by molar-refractivity contribution is 5.77. The number of hydrogen-bond acceptors (Lipinski definition) is 2. The van der Waals surface area contributed by atoms with Crippen molar-refractivity contribution >= 4 is 6.29 Å². The third-order valence-corrected chi connectivity index (χ3v) is 3.28. The Kier molecular flexibility index (Phi) is 3.60. The van der Waals surface area contributed by atoms with Gasteiger partial charge in [0.15, 0.2) is 6.29 Å². The summed E-state index contributed by atoms with van der Waals surface area (Å²) >= 11 is 0. The average molecular weight is 292 g/mol. The lowest BCUT2D eigenvalue weighted by molar-refractivity contribution is -0.137. The largest absolute Gasteiger partial charge is 0.417 e. The molecule has 1 aromatic carbocycles. The number of nitrogens with zero attached hydrogens (tertiary/aromatic N) is 2. The molecule has 0 unspecified atom stereocenters. The molecular formula is C15H11F3N2O. The van der Waals surface area contributed by atoms with Crippen LogP contribution in [0.25, 0.3) is 5.69 Å². The van der Waals surface area contributed by atoms with Gasteiger partial charge in [-0.15, -0.1) is 0 Å². The van der Waals surface area contributed by atoms with E-state index < -0.39 is 17.3 Å². The maximum Gasteiger partial charge on any atom is 0.417 e. The van der Waals surface area contributed by atoms with Crippen molar-refractivity contribution in [2.24, 2.45) is 0 Å². The van der Waals surface area contributed by atoms with Crippen molar-refractivity contribution in [1.29, 1.82) is 5.26 Å². The molecule has 0 bridgehead atoms.